The summed E-state index contributed by atoms with van der Waals surface area (Å²) in [4.78, 5) is 28.9. The monoisotopic (exact) mass is 315 g/mol. The van der Waals surface area contributed by atoms with E-state index in [1.807, 2.05) is 30.3 Å². The highest BCUT2D eigenvalue weighted by Gasteiger charge is 2.37. The van der Waals surface area contributed by atoms with Crippen LogP contribution in [0.5, 0.6) is 0 Å². The van der Waals surface area contributed by atoms with Gasteiger partial charge in [-0.25, -0.2) is 0 Å². The molecular weight excluding hydrogens is 290 g/mol. The zero-order valence-electron chi connectivity index (χ0n) is 13.5. The second kappa shape index (κ2) is 7.59. The fraction of sp³-hybridized carbons (Fsp3) is 0.556. The lowest BCUT2D eigenvalue weighted by molar-refractivity contribution is -0.132. The molecule has 1 aromatic carbocycles. The van der Waals surface area contributed by atoms with Crippen LogP contribution in [0.1, 0.15) is 25.7 Å². The smallest absolute Gasteiger partial charge is 0.239 e. The van der Waals surface area contributed by atoms with E-state index in [-0.39, 0.29) is 11.8 Å². The summed E-state index contributed by atoms with van der Waals surface area (Å²) in [6.45, 7) is 4.39. The predicted octanol–water partition coefficient (Wildman–Crippen LogP) is 1.64. The summed E-state index contributed by atoms with van der Waals surface area (Å²) in [5.41, 5.74) is 0.876. The third kappa shape index (κ3) is 3.91. The fourth-order valence-corrected chi connectivity index (χ4v) is 3.43. The van der Waals surface area contributed by atoms with Gasteiger partial charge in [-0.15, -0.1) is 0 Å². The first kappa shape index (κ1) is 16.0. The molecule has 0 aromatic heterocycles. The van der Waals surface area contributed by atoms with E-state index in [0.29, 0.717) is 19.5 Å². The van der Waals surface area contributed by atoms with E-state index in [9.17, 15) is 9.59 Å². The number of benzene rings is 1. The number of piperidine rings is 1. The minimum absolute atomic E-state index is 0.0772. The first-order chi connectivity index (χ1) is 11.3. The van der Waals surface area contributed by atoms with Gasteiger partial charge in [-0.05, 0) is 44.5 Å². The van der Waals surface area contributed by atoms with Crippen molar-refractivity contribution < 1.29 is 9.59 Å². The highest BCUT2D eigenvalue weighted by molar-refractivity contribution is 6.09. The number of carbonyl (C=O) groups is 2. The number of carbonyl (C=O) groups excluding carboxylic acids is 2. The van der Waals surface area contributed by atoms with E-state index in [0.717, 1.165) is 25.3 Å². The Hall–Kier alpha value is -1.88. The van der Waals surface area contributed by atoms with Crippen LogP contribution in [0.2, 0.25) is 0 Å². The van der Waals surface area contributed by atoms with Crippen molar-refractivity contribution in [3.63, 3.8) is 0 Å². The summed E-state index contributed by atoms with van der Waals surface area (Å²) in [5, 5.41) is 2.95. The minimum Gasteiger partial charge on any atom is -0.354 e. The molecule has 0 aliphatic carbocycles. The Kier molecular flexibility index (Phi) is 5.28. The van der Waals surface area contributed by atoms with E-state index in [1.165, 1.54) is 19.3 Å². The quantitative estimate of drug-likeness (QED) is 0.841. The van der Waals surface area contributed by atoms with Gasteiger partial charge in [0.15, 0.2) is 0 Å². The average molecular weight is 315 g/mol. The minimum atomic E-state index is -0.531. The molecule has 1 N–H and O–H groups in total. The van der Waals surface area contributed by atoms with Crippen molar-refractivity contribution in [3.05, 3.63) is 30.3 Å². The third-order valence-corrected chi connectivity index (χ3v) is 4.77. The number of nitrogens with zero attached hydrogens (tertiary/aromatic N) is 2. The molecule has 2 aliphatic rings. The van der Waals surface area contributed by atoms with E-state index in [2.05, 4.69) is 10.2 Å². The molecule has 23 heavy (non-hydrogen) atoms. The Morgan fingerprint density at radius 3 is 2.57 bits per heavy atom. The highest BCUT2D eigenvalue weighted by atomic mass is 16.2. The van der Waals surface area contributed by atoms with E-state index < -0.39 is 5.92 Å². The average Bonchev–Trinajstić information content (AvgIpc) is 2.98. The largest absolute Gasteiger partial charge is 0.354 e. The molecule has 2 heterocycles. The first-order valence-corrected chi connectivity index (χ1v) is 8.62. The topological polar surface area (TPSA) is 52.7 Å². The van der Waals surface area contributed by atoms with Gasteiger partial charge in [0.25, 0.3) is 0 Å². The summed E-state index contributed by atoms with van der Waals surface area (Å²) in [6, 6.07) is 9.57. The Labute approximate surface area is 137 Å². The molecule has 0 spiro atoms. The van der Waals surface area contributed by atoms with Crippen LogP contribution in [-0.4, -0.2) is 49.4 Å². The molecule has 2 amide bonds. The number of likely N-dealkylation sites (tertiary alicyclic amines) is 1. The molecule has 2 fully saturated rings. The first-order valence-electron chi connectivity index (χ1n) is 8.62. The maximum Gasteiger partial charge on any atom is 0.239 e. The molecule has 2 aliphatic heterocycles. The fourth-order valence-electron chi connectivity index (χ4n) is 3.43. The van der Waals surface area contributed by atoms with Crippen molar-refractivity contribution >= 4 is 17.5 Å². The van der Waals surface area contributed by atoms with Crippen LogP contribution in [0.4, 0.5) is 5.69 Å². The van der Waals surface area contributed by atoms with E-state index >= 15 is 0 Å². The maximum absolute atomic E-state index is 12.5. The molecule has 124 valence electrons. The van der Waals surface area contributed by atoms with Gasteiger partial charge in [0, 0.05) is 25.3 Å². The summed E-state index contributed by atoms with van der Waals surface area (Å²) in [7, 11) is 0. The molecule has 3 rings (SSSR count). The number of anilines is 1. The van der Waals surface area contributed by atoms with Crippen molar-refractivity contribution in [1.29, 1.82) is 0 Å². The lowest BCUT2D eigenvalue weighted by Gasteiger charge is -2.26. The molecule has 1 aromatic rings. The normalized spacial score (nSPS) is 22.3. The van der Waals surface area contributed by atoms with Gasteiger partial charge in [-0.3, -0.25) is 9.59 Å². The zero-order chi connectivity index (χ0) is 16.1. The Balaban J connectivity index is 1.47. The molecule has 0 bridgehead atoms. The molecule has 2 saturated heterocycles. The highest BCUT2D eigenvalue weighted by Crippen LogP contribution is 2.24. The van der Waals surface area contributed by atoms with E-state index in [1.54, 1.807) is 4.90 Å². The van der Waals surface area contributed by atoms with Crippen molar-refractivity contribution in [3.8, 4) is 0 Å². The molecule has 0 radical (unpaired) electrons. The Morgan fingerprint density at radius 2 is 1.83 bits per heavy atom. The van der Waals surface area contributed by atoms with Crippen molar-refractivity contribution in [1.82, 2.24) is 10.2 Å². The molecule has 5 heteroatoms. The van der Waals surface area contributed by atoms with E-state index in [4.69, 9.17) is 0 Å². The third-order valence-electron chi connectivity index (χ3n) is 4.77. The Bertz CT molecular complexity index is 540. The summed E-state index contributed by atoms with van der Waals surface area (Å²) >= 11 is 0. The van der Waals surface area contributed by atoms with Gasteiger partial charge >= 0.3 is 0 Å². The lowest BCUT2D eigenvalue weighted by atomic mass is 10.1. The number of nitrogens with one attached hydrogen (secondary N) is 1. The lowest BCUT2D eigenvalue weighted by Crippen LogP contribution is -2.41. The van der Waals surface area contributed by atoms with Crippen LogP contribution in [0.3, 0.4) is 0 Å². The molecule has 1 atom stereocenters. The number of rotatable bonds is 5. The van der Waals surface area contributed by atoms with Crippen molar-refractivity contribution in [2.45, 2.75) is 25.7 Å². The zero-order valence-corrected chi connectivity index (χ0v) is 13.5. The Morgan fingerprint density at radius 1 is 1.09 bits per heavy atom. The number of hydrogen-bond donors (Lipinski definition) is 1. The number of hydrogen-bond acceptors (Lipinski definition) is 3. The van der Waals surface area contributed by atoms with Crippen LogP contribution in [0.25, 0.3) is 0 Å². The van der Waals surface area contributed by atoms with Gasteiger partial charge in [0.1, 0.15) is 5.92 Å². The summed E-state index contributed by atoms with van der Waals surface area (Å²) in [6.07, 6.45) is 4.42. The van der Waals surface area contributed by atoms with Crippen LogP contribution < -0.4 is 10.2 Å². The summed E-state index contributed by atoms with van der Waals surface area (Å²) < 4.78 is 0. The molecular formula is C18H25N3O2. The SMILES string of the molecule is O=C(NCCN1CCCCC1)C1CCN(c2ccccc2)C1=O. The molecule has 1 unspecified atom stereocenters. The molecule has 5 nitrogen and oxygen atoms in total. The van der Waals surface area contributed by atoms with Crippen LogP contribution in [0, 0.1) is 5.92 Å². The van der Waals surface area contributed by atoms with Gasteiger partial charge in [0.05, 0.1) is 0 Å². The van der Waals surface area contributed by atoms with Gasteiger partial charge in [-0.2, -0.15) is 0 Å². The molecule has 0 saturated carbocycles. The summed E-state index contributed by atoms with van der Waals surface area (Å²) in [5.74, 6) is -0.728. The maximum atomic E-state index is 12.5. The second-order valence-electron chi connectivity index (χ2n) is 6.36. The van der Waals surface area contributed by atoms with Crippen molar-refractivity contribution in [2.24, 2.45) is 5.92 Å². The standard InChI is InChI=1S/C18H25N3O2/c22-17(19-10-14-20-11-5-2-6-12-20)16-9-13-21(18(16)23)15-7-3-1-4-8-15/h1,3-4,7-8,16H,2,5-6,9-14H2,(H,19,22). The second-order valence-corrected chi connectivity index (χ2v) is 6.36. The van der Waals surface area contributed by atoms with Crippen LogP contribution in [-0.2, 0) is 9.59 Å². The van der Waals surface area contributed by atoms with Crippen LogP contribution >= 0.6 is 0 Å². The number of amides is 2. The van der Waals surface area contributed by atoms with Crippen molar-refractivity contribution in [2.75, 3.05) is 37.6 Å². The van der Waals surface area contributed by atoms with Gasteiger partial charge in [-0.1, -0.05) is 24.6 Å². The van der Waals surface area contributed by atoms with Crippen LogP contribution in [0.15, 0.2) is 30.3 Å². The van der Waals surface area contributed by atoms with Gasteiger partial charge < -0.3 is 15.1 Å². The number of para-hydroxylation sites is 1. The van der Waals surface area contributed by atoms with Gasteiger partial charge in [0.2, 0.25) is 11.8 Å². The predicted molar refractivity (Wildman–Crippen MR) is 90.2 cm³/mol.